The van der Waals surface area contributed by atoms with Gasteiger partial charge in [0.1, 0.15) is 0 Å². The third kappa shape index (κ3) is 3.81. The van der Waals surface area contributed by atoms with Crippen LogP contribution in [0.4, 0.5) is 8.78 Å². The predicted octanol–water partition coefficient (Wildman–Crippen LogP) is 0.439. The quantitative estimate of drug-likeness (QED) is 0.690. The van der Waals surface area contributed by atoms with Crippen molar-refractivity contribution in [2.24, 2.45) is 11.7 Å². The van der Waals surface area contributed by atoms with Gasteiger partial charge in [0.25, 0.3) is 10.0 Å². The summed E-state index contributed by atoms with van der Waals surface area (Å²) in [5.41, 5.74) is 5.20. The van der Waals surface area contributed by atoms with Crippen molar-refractivity contribution in [3.05, 3.63) is 0 Å². The summed E-state index contributed by atoms with van der Waals surface area (Å²) in [5.74, 6) is -3.75. The first-order chi connectivity index (χ1) is 6.18. The molecule has 3 N–H and O–H groups in total. The molecule has 0 amide bonds. The zero-order valence-corrected chi connectivity index (χ0v) is 9.33. The molecule has 84 valence electrons. The highest BCUT2D eigenvalue weighted by Gasteiger charge is 2.29. The molecule has 0 aliphatic heterocycles. The fourth-order valence-electron chi connectivity index (χ4n) is 0.751. The third-order valence-corrected chi connectivity index (χ3v) is 2.80. The summed E-state index contributed by atoms with van der Waals surface area (Å²) in [6.07, 6.45) is 0. The summed E-state index contributed by atoms with van der Waals surface area (Å²) in [4.78, 5) is -0.149. The monoisotopic (exact) mass is 246 g/mol. The number of rotatable bonds is 5. The van der Waals surface area contributed by atoms with Crippen LogP contribution in [0.1, 0.15) is 13.8 Å². The highest BCUT2D eigenvalue weighted by Crippen LogP contribution is 2.08. The van der Waals surface area contributed by atoms with E-state index in [1.54, 1.807) is 18.6 Å². The molecule has 1 atom stereocenters. The maximum atomic E-state index is 12.0. The lowest BCUT2D eigenvalue weighted by Gasteiger charge is -2.20. The van der Waals surface area contributed by atoms with Crippen molar-refractivity contribution in [2.75, 3.05) is 0 Å². The molecule has 0 rings (SSSR count). The van der Waals surface area contributed by atoms with Crippen LogP contribution in [0.25, 0.3) is 0 Å². The molecule has 4 nitrogen and oxygen atoms in total. The molecule has 0 aliphatic carbocycles. The van der Waals surface area contributed by atoms with Gasteiger partial charge in [0.2, 0.25) is 0 Å². The number of sulfonamides is 1. The van der Waals surface area contributed by atoms with E-state index in [1.807, 2.05) is 0 Å². The second kappa shape index (κ2) is 4.94. The van der Waals surface area contributed by atoms with Crippen molar-refractivity contribution in [2.45, 2.75) is 25.6 Å². The zero-order chi connectivity index (χ0) is 11.5. The van der Waals surface area contributed by atoms with E-state index in [0.29, 0.717) is 0 Å². The van der Waals surface area contributed by atoms with E-state index in [4.69, 9.17) is 5.73 Å². The van der Waals surface area contributed by atoms with Crippen LogP contribution in [0.3, 0.4) is 0 Å². The Morgan fingerprint density at radius 1 is 1.43 bits per heavy atom. The number of nitrogens with two attached hydrogens (primary N) is 1. The van der Waals surface area contributed by atoms with E-state index < -0.39 is 21.8 Å². The molecule has 0 radical (unpaired) electrons. The van der Waals surface area contributed by atoms with Gasteiger partial charge in [-0.05, 0) is 5.92 Å². The summed E-state index contributed by atoms with van der Waals surface area (Å²) in [6, 6.07) is -0.941. The Morgan fingerprint density at radius 3 is 2.07 bits per heavy atom. The minimum absolute atomic E-state index is 0.149. The zero-order valence-electron chi connectivity index (χ0n) is 7.70. The molecule has 0 fully saturated rings. The molecule has 1 unspecified atom stereocenters. The van der Waals surface area contributed by atoms with Crippen molar-refractivity contribution in [1.29, 1.82) is 0 Å². The molecule has 0 aromatic heterocycles. The van der Waals surface area contributed by atoms with Crippen LogP contribution in [0.2, 0.25) is 0 Å². The lowest BCUT2D eigenvalue weighted by molar-refractivity contribution is 0.231. The molecule has 0 aromatic carbocycles. The smallest absolute Gasteiger partial charge is 0.350 e. The molecule has 0 spiro atoms. The Labute approximate surface area is 86.9 Å². The van der Waals surface area contributed by atoms with Gasteiger partial charge in [0, 0.05) is 0 Å². The minimum atomic E-state index is -4.64. The normalized spacial score (nSPS) is 14.7. The van der Waals surface area contributed by atoms with Crippen LogP contribution in [0, 0.1) is 5.92 Å². The Bertz CT molecular complexity index is 303. The van der Waals surface area contributed by atoms with Gasteiger partial charge in [-0.3, -0.25) is 0 Å². The molecule has 8 heteroatoms. The average molecular weight is 246 g/mol. The highest BCUT2D eigenvalue weighted by atomic mass is 32.2. The minimum Gasteiger partial charge on any atom is -0.392 e. The first-order valence-corrected chi connectivity index (χ1v) is 5.72. The van der Waals surface area contributed by atoms with Crippen LogP contribution >= 0.6 is 12.2 Å². The molecule has 14 heavy (non-hydrogen) atoms. The fraction of sp³-hybridized carbons (Fsp3) is 0.833. The third-order valence-electron chi connectivity index (χ3n) is 1.50. The van der Waals surface area contributed by atoms with Gasteiger partial charge in [-0.15, -0.1) is 0 Å². The number of alkyl halides is 2. The predicted molar refractivity (Wildman–Crippen MR) is 53.5 cm³/mol. The first kappa shape index (κ1) is 13.7. The van der Waals surface area contributed by atoms with Gasteiger partial charge in [-0.2, -0.15) is 8.78 Å². The number of nitrogens with one attached hydrogen (secondary N) is 1. The molecule has 0 bridgehead atoms. The van der Waals surface area contributed by atoms with Crippen molar-refractivity contribution >= 4 is 27.2 Å². The highest BCUT2D eigenvalue weighted by molar-refractivity contribution is 7.89. The Kier molecular flexibility index (Phi) is 4.82. The van der Waals surface area contributed by atoms with Crippen LogP contribution in [0.15, 0.2) is 0 Å². The average Bonchev–Trinajstić information content (AvgIpc) is 1.98. The lowest BCUT2D eigenvalue weighted by Crippen LogP contribution is -2.48. The lowest BCUT2D eigenvalue weighted by atomic mass is 10.1. The maximum absolute atomic E-state index is 12.0. The van der Waals surface area contributed by atoms with Gasteiger partial charge in [-0.25, -0.2) is 13.1 Å². The second-order valence-electron chi connectivity index (χ2n) is 3.05. The number of halogens is 2. The van der Waals surface area contributed by atoms with Crippen LogP contribution in [-0.4, -0.2) is 25.2 Å². The van der Waals surface area contributed by atoms with Crippen molar-refractivity contribution in [3.63, 3.8) is 0 Å². The van der Waals surface area contributed by atoms with Crippen molar-refractivity contribution in [3.8, 4) is 0 Å². The van der Waals surface area contributed by atoms with Crippen LogP contribution in [0.5, 0.6) is 0 Å². The number of hydrogen-bond donors (Lipinski definition) is 2. The van der Waals surface area contributed by atoms with E-state index in [1.165, 1.54) is 0 Å². The fourth-order valence-corrected chi connectivity index (χ4v) is 2.01. The standard InChI is InChI=1S/C6H12F2N2O2S2/c1-3(2)4(5(9)13)10-14(11,12)6(7)8/h3-4,6,10H,1-2H3,(H2,9,13). The molecule has 0 aliphatic rings. The largest absolute Gasteiger partial charge is 0.392 e. The number of hydrogen-bond acceptors (Lipinski definition) is 3. The molecule has 0 aromatic rings. The van der Waals surface area contributed by atoms with Crippen molar-refractivity contribution < 1.29 is 17.2 Å². The second-order valence-corrected chi connectivity index (χ2v) is 5.20. The topological polar surface area (TPSA) is 72.2 Å². The van der Waals surface area contributed by atoms with E-state index in [0.717, 1.165) is 0 Å². The Hall–Kier alpha value is -0.340. The Balaban J connectivity index is 4.71. The maximum Gasteiger partial charge on any atom is 0.350 e. The van der Waals surface area contributed by atoms with Crippen LogP contribution in [-0.2, 0) is 10.0 Å². The van der Waals surface area contributed by atoms with Gasteiger partial charge >= 0.3 is 5.76 Å². The number of thiocarbonyl (C=S) groups is 1. The summed E-state index contributed by atoms with van der Waals surface area (Å²) in [6.45, 7) is 3.25. The van der Waals surface area contributed by atoms with Gasteiger partial charge in [0.15, 0.2) is 0 Å². The van der Waals surface area contributed by atoms with E-state index in [2.05, 4.69) is 12.2 Å². The molecular weight excluding hydrogens is 234 g/mol. The summed E-state index contributed by atoms with van der Waals surface area (Å²) >= 11 is 4.55. The van der Waals surface area contributed by atoms with Gasteiger partial charge in [0.05, 0.1) is 11.0 Å². The summed E-state index contributed by atoms with van der Waals surface area (Å²) in [5, 5.41) is 0. The molecule has 0 saturated carbocycles. The molecule has 0 heterocycles. The summed E-state index contributed by atoms with van der Waals surface area (Å²) in [7, 11) is -4.64. The molecular formula is C6H12F2N2O2S2. The van der Waals surface area contributed by atoms with Crippen molar-refractivity contribution in [1.82, 2.24) is 4.72 Å². The SMILES string of the molecule is CC(C)C(NS(=O)(=O)C(F)F)C(N)=S. The Morgan fingerprint density at radius 2 is 1.86 bits per heavy atom. The summed E-state index contributed by atoms with van der Waals surface area (Å²) < 4.78 is 47.2. The molecule has 0 saturated heterocycles. The first-order valence-electron chi connectivity index (χ1n) is 3.77. The van der Waals surface area contributed by atoms with E-state index in [-0.39, 0.29) is 10.9 Å². The van der Waals surface area contributed by atoms with Gasteiger partial charge < -0.3 is 5.73 Å². The van der Waals surface area contributed by atoms with E-state index in [9.17, 15) is 17.2 Å². The van der Waals surface area contributed by atoms with Crippen LogP contribution < -0.4 is 10.5 Å². The van der Waals surface area contributed by atoms with E-state index >= 15 is 0 Å². The van der Waals surface area contributed by atoms with Gasteiger partial charge in [-0.1, -0.05) is 26.1 Å².